The van der Waals surface area contributed by atoms with E-state index < -0.39 is 0 Å². The van der Waals surface area contributed by atoms with Gasteiger partial charge in [-0.3, -0.25) is 9.59 Å². The molecule has 0 aliphatic carbocycles. The van der Waals surface area contributed by atoms with Crippen molar-refractivity contribution in [2.75, 3.05) is 19.0 Å². The highest BCUT2D eigenvalue weighted by Gasteiger charge is 2.11. The van der Waals surface area contributed by atoms with Crippen molar-refractivity contribution in [2.24, 2.45) is 0 Å². The number of hydrogen-bond donors (Lipinski definition) is 2. The van der Waals surface area contributed by atoms with E-state index in [4.69, 9.17) is 16.3 Å². The number of carbonyl (C=O) groups is 2. The van der Waals surface area contributed by atoms with Gasteiger partial charge in [-0.1, -0.05) is 23.7 Å². The molecule has 8 heteroatoms. The Kier molecular flexibility index (Phi) is 5.70. The fourth-order valence-electron chi connectivity index (χ4n) is 2.39. The molecule has 0 saturated heterocycles. The van der Waals surface area contributed by atoms with Gasteiger partial charge in [-0.15, -0.1) is 11.3 Å². The van der Waals surface area contributed by atoms with E-state index in [1.807, 2.05) is 12.1 Å². The molecule has 0 fully saturated rings. The van der Waals surface area contributed by atoms with Crippen molar-refractivity contribution in [1.82, 2.24) is 10.3 Å². The second kappa shape index (κ2) is 8.16. The number of nitrogens with one attached hydrogen (secondary N) is 2. The summed E-state index contributed by atoms with van der Waals surface area (Å²) in [5.41, 5.74) is 1.75. The minimum atomic E-state index is -0.263. The number of anilines is 1. The van der Waals surface area contributed by atoms with Crippen molar-refractivity contribution < 1.29 is 14.3 Å². The largest absolute Gasteiger partial charge is 0.495 e. The second-order valence-corrected chi connectivity index (χ2v) is 7.02. The van der Waals surface area contributed by atoms with Gasteiger partial charge in [0.25, 0.3) is 5.91 Å². The smallest absolute Gasteiger partial charge is 0.251 e. The normalized spacial score (nSPS) is 10.5. The van der Waals surface area contributed by atoms with Gasteiger partial charge in [0.05, 0.1) is 23.0 Å². The van der Waals surface area contributed by atoms with Crippen LogP contribution in [0.15, 0.2) is 42.5 Å². The quantitative estimate of drug-likeness (QED) is 0.673. The monoisotopic (exact) mass is 389 g/mol. The summed E-state index contributed by atoms with van der Waals surface area (Å²) in [6.07, 6.45) is 0.147. The van der Waals surface area contributed by atoms with E-state index in [2.05, 4.69) is 15.6 Å². The SMILES string of the molecule is COc1ccccc1NC(=O)CCNC(=O)c1ccc2sc(Cl)nc2c1. The molecule has 0 aliphatic rings. The summed E-state index contributed by atoms with van der Waals surface area (Å²) in [6.45, 7) is 0.218. The maximum atomic E-state index is 12.2. The molecular weight excluding hydrogens is 374 g/mol. The van der Waals surface area contributed by atoms with Crippen LogP contribution in [-0.2, 0) is 4.79 Å². The number of nitrogens with zero attached hydrogens (tertiary/aromatic N) is 1. The third kappa shape index (κ3) is 4.30. The van der Waals surface area contributed by atoms with E-state index in [1.54, 1.807) is 30.3 Å². The molecule has 26 heavy (non-hydrogen) atoms. The molecule has 3 aromatic rings. The van der Waals surface area contributed by atoms with Gasteiger partial charge < -0.3 is 15.4 Å². The summed E-state index contributed by atoms with van der Waals surface area (Å²) >= 11 is 7.23. The number of hydrogen-bond acceptors (Lipinski definition) is 5. The first-order chi connectivity index (χ1) is 12.6. The van der Waals surface area contributed by atoms with E-state index in [-0.39, 0.29) is 24.8 Å². The van der Waals surface area contributed by atoms with Crippen LogP contribution in [0, 0.1) is 0 Å². The van der Waals surface area contributed by atoms with Gasteiger partial charge in [-0.25, -0.2) is 4.98 Å². The lowest BCUT2D eigenvalue weighted by molar-refractivity contribution is -0.116. The summed E-state index contributed by atoms with van der Waals surface area (Å²) in [4.78, 5) is 28.4. The fraction of sp³-hybridized carbons (Fsp3) is 0.167. The van der Waals surface area contributed by atoms with E-state index in [9.17, 15) is 9.59 Å². The number of fused-ring (bicyclic) bond motifs is 1. The summed E-state index contributed by atoms with van der Waals surface area (Å²) in [7, 11) is 1.54. The average molecular weight is 390 g/mol. The summed E-state index contributed by atoms with van der Waals surface area (Å²) < 4.78 is 6.54. The Hall–Kier alpha value is -2.64. The number of aromatic nitrogens is 1. The van der Waals surface area contributed by atoms with Crippen LogP contribution in [-0.4, -0.2) is 30.5 Å². The first-order valence-corrected chi connectivity index (χ1v) is 9.03. The topological polar surface area (TPSA) is 80.3 Å². The predicted octanol–water partition coefficient (Wildman–Crippen LogP) is 3.72. The number of benzene rings is 2. The number of rotatable bonds is 6. The van der Waals surface area contributed by atoms with Gasteiger partial charge >= 0.3 is 0 Å². The first-order valence-electron chi connectivity index (χ1n) is 7.84. The minimum absolute atomic E-state index is 0.147. The Bertz CT molecular complexity index is 958. The molecule has 0 bridgehead atoms. The number of ether oxygens (including phenoxy) is 1. The summed E-state index contributed by atoms with van der Waals surface area (Å²) in [5.74, 6) is 0.109. The summed E-state index contributed by atoms with van der Waals surface area (Å²) in [5, 5.41) is 5.49. The lowest BCUT2D eigenvalue weighted by atomic mass is 10.2. The first kappa shape index (κ1) is 18.2. The average Bonchev–Trinajstić information content (AvgIpc) is 3.01. The van der Waals surface area contributed by atoms with Gasteiger partial charge in [0, 0.05) is 18.5 Å². The molecule has 134 valence electrons. The summed E-state index contributed by atoms with van der Waals surface area (Å²) in [6, 6.07) is 12.3. The molecule has 0 atom stereocenters. The Morgan fingerprint density at radius 1 is 1.23 bits per heavy atom. The minimum Gasteiger partial charge on any atom is -0.495 e. The molecule has 0 aliphatic heterocycles. The molecule has 1 aromatic heterocycles. The zero-order valence-electron chi connectivity index (χ0n) is 13.9. The number of halogens is 1. The molecule has 2 N–H and O–H groups in total. The van der Waals surface area contributed by atoms with Crippen LogP contribution >= 0.6 is 22.9 Å². The lowest BCUT2D eigenvalue weighted by Crippen LogP contribution is -2.27. The zero-order chi connectivity index (χ0) is 18.5. The van der Waals surface area contributed by atoms with Crippen LogP contribution in [0.4, 0.5) is 5.69 Å². The van der Waals surface area contributed by atoms with Crippen molar-refractivity contribution in [1.29, 1.82) is 0 Å². The molecule has 6 nitrogen and oxygen atoms in total. The van der Waals surface area contributed by atoms with Gasteiger partial charge in [0.15, 0.2) is 4.47 Å². The van der Waals surface area contributed by atoms with Gasteiger partial charge in [0.2, 0.25) is 5.91 Å². The number of carbonyl (C=O) groups excluding carboxylic acids is 2. The van der Waals surface area contributed by atoms with Crippen molar-refractivity contribution >= 4 is 50.7 Å². The molecule has 0 unspecified atom stereocenters. The lowest BCUT2D eigenvalue weighted by Gasteiger charge is -2.10. The molecule has 0 spiro atoms. The number of para-hydroxylation sites is 2. The number of methoxy groups -OCH3 is 1. The van der Waals surface area contributed by atoms with Crippen LogP contribution in [0.25, 0.3) is 10.2 Å². The van der Waals surface area contributed by atoms with E-state index in [1.165, 1.54) is 18.4 Å². The molecular formula is C18H16ClN3O3S. The fourth-order valence-corrected chi connectivity index (χ4v) is 3.40. The van der Waals surface area contributed by atoms with Crippen LogP contribution in [0.2, 0.25) is 4.47 Å². The maximum absolute atomic E-state index is 12.2. The molecule has 2 aromatic carbocycles. The third-order valence-corrected chi connectivity index (χ3v) is 4.78. The molecule has 2 amide bonds. The van der Waals surface area contributed by atoms with Crippen molar-refractivity contribution in [3.63, 3.8) is 0 Å². The predicted molar refractivity (Wildman–Crippen MR) is 103 cm³/mol. The van der Waals surface area contributed by atoms with Crippen molar-refractivity contribution in [2.45, 2.75) is 6.42 Å². The zero-order valence-corrected chi connectivity index (χ0v) is 15.5. The van der Waals surface area contributed by atoms with E-state index in [0.717, 1.165) is 4.70 Å². The molecule has 0 radical (unpaired) electrons. The van der Waals surface area contributed by atoms with Gasteiger partial charge in [-0.2, -0.15) is 0 Å². The van der Waals surface area contributed by atoms with Crippen molar-refractivity contribution in [3.05, 3.63) is 52.5 Å². The molecule has 1 heterocycles. The Balaban J connectivity index is 1.53. The Morgan fingerprint density at radius 3 is 2.85 bits per heavy atom. The van der Waals surface area contributed by atoms with Crippen molar-refractivity contribution in [3.8, 4) is 5.75 Å². The second-order valence-electron chi connectivity index (χ2n) is 5.40. The van der Waals surface area contributed by atoms with Gasteiger partial charge in [-0.05, 0) is 30.3 Å². The van der Waals surface area contributed by atoms with Crippen LogP contribution < -0.4 is 15.4 Å². The molecule has 3 rings (SSSR count). The Labute approximate surface area is 159 Å². The Morgan fingerprint density at radius 2 is 2.04 bits per heavy atom. The van der Waals surface area contributed by atoms with Crippen LogP contribution in [0.1, 0.15) is 16.8 Å². The van der Waals surface area contributed by atoms with Crippen LogP contribution in [0.5, 0.6) is 5.75 Å². The number of thiazole rings is 1. The maximum Gasteiger partial charge on any atom is 0.251 e. The third-order valence-electron chi connectivity index (χ3n) is 3.64. The van der Waals surface area contributed by atoms with Crippen LogP contribution in [0.3, 0.4) is 0 Å². The van der Waals surface area contributed by atoms with E-state index in [0.29, 0.717) is 27.0 Å². The van der Waals surface area contributed by atoms with E-state index >= 15 is 0 Å². The highest BCUT2D eigenvalue weighted by molar-refractivity contribution is 7.22. The number of amides is 2. The highest BCUT2D eigenvalue weighted by Crippen LogP contribution is 2.26. The van der Waals surface area contributed by atoms with Gasteiger partial charge in [0.1, 0.15) is 5.75 Å². The standard InChI is InChI=1S/C18H16ClN3O3S/c1-25-14-5-3-2-4-12(14)21-16(23)8-9-20-17(24)11-6-7-15-13(10-11)22-18(19)26-15/h2-7,10H,8-9H2,1H3,(H,20,24)(H,21,23). The molecule has 0 saturated carbocycles. The highest BCUT2D eigenvalue weighted by atomic mass is 35.5.